The number of carbonyl (C=O) groups is 1. The molecule has 0 fully saturated rings. The van der Waals surface area contributed by atoms with Gasteiger partial charge in [-0.3, -0.25) is 9.69 Å². The molecule has 0 aromatic heterocycles. The summed E-state index contributed by atoms with van der Waals surface area (Å²) in [6.45, 7) is 0.0700. The maximum absolute atomic E-state index is 11.3. The van der Waals surface area contributed by atoms with Crippen LogP contribution in [0.2, 0.25) is 0 Å². The van der Waals surface area contributed by atoms with E-state index < -0.39 is 15.8 Å². The fourth-order valence-electron chi connectivity index (χ4n) is 1.64. The average Bonchev–Trinajstić information content (AvgIpc) is 2.33. The van der Waals surface area contributed by atoms with Crippen LogP contribution in [-0.4, -0.2) is 45.2 Å². The van der Waals surface area contributed by atoms with Crippen LogP contribution in [0.3, 0.4) is 0 Å². The largest absolute Gasteiger partial charge is 0.480 e. The lowest BCUT2D eigenvalue weighted by Gasteiger charge is -2.27. The van der Waals surface area contributed by atoms with Crippen molar-refractivity contribution in [1.29, 1.82) is 0 Å². The Balaban J connectivity index is 2.49. The second-order valence-electron chi connectivity index (χ2n) is 4.39. The molecule has 0 saturated carbocycles. The van der Waals surface area contributed by atoms with Gasteiger partial charge in [-0.2, -0.15) is 11.8 Å². The molecule has 0 aliphatic rings. The van der Waals surface area contributed by atoms with Crippen LogP contribution >= 0.6 is 46.6 Å². The molecule has 0 heterocycles. The summed E-state index contributed by atoms with van der Waals surface area (Å²) in [5.41, 5.74) is 1.16. The minimum atomic E-state index is -1.48. The van der Waals surface area contributed by atoms with Crippen LogP contribution in [0.4, 0.5) is 0 Å². The first-order valence-corrected chi connectivity index (χ1v) is 8.20. The Hall–Kier alpha value is -0.130. The second kappa shape index (κ2) is 8.35. The standard InChI is InChI=1S/C13H16Cl3NO2S/c1-17(9-13(14,15)16)11(12(18)19)8-20-7-10-5-3-2-4-6-10/h2-6,11H,7-9H2,1H3,(H,18,19)/t11-/m0/s1. The van der Waals surface area contributed by atoms with Crippen molar-refractivity contribution in [2.24, 2.45) is 0 Å². The maximum atomic E-state index is 11.3. The first-order chi connectivity index (χ1) is 9.29. The Morgan fingerprint density at radius 2 is 1.95 bits per heavy atom. The number of rotatable bonds is 7. The van der Waals surface area contributed by atoms with E-state index in [0.29, 0.717) is 5.75 Å². The van der Waals surface area contributed by atoms with Crippen LogP contribution in [-0.2, 0) is 10.5 Å². The molecule has 7 heteroatoms. The van der Waals surface area contributed by atoms with Crippen molar-refractivity contribution >= 4 is 52.5 Å². The third-order valence-corrected chi connectivity index (χ3v) is 4.08. The highest BCUT2D eigenvalue weighted by Gasteiger charge is 2.29. The zero-order valence-electron chi connectivity index (χ0n) is 10.9. The van der Waals surface area contributed by atoms with E-state index in [0.717, 1.165) is 11.3 Å². The van der Waals surface area contributed by atoms with Gasteiger partial charge in [-0.25, -0.2) is 0 Å². The van der Waals surface area contributed by atoms with Crippen molar-refractivity contribution in [1.82, 2.24) is 4.90 Å². The molecule has 0 amide bonds. The third kappa shape index (κ3) is 7.04. The summed E-state index contributed by atoms with van der Waals surface area (Å²) in [5.74, 6) is 0.274. The lowest BCUT2D eigenvalue weighted by Crippen LogP contribution is -2.44. The summed E-state index contributed by atoms with van der Waals surface area (Å²) >= 11 is 18.6. The number of halogens is 3. The van der Waals surface area contributed by atoms with Gasteiger partial charge in [-0.1, -0.05) is 65.1 Å². The predicted octanol–water partition coefficient (Wildman–Crippen LogP) is 3.68. The molecule has 0 unspecified atom stereocenters. The minimum Gasteiger partial charge on any atom is -0.480 e. The van der Waals surface area contributed by atoms with Crippen molar-refractivity contribution in [3.8, 4) is 0 Å². The van der Waals surface area contributed by atoms with E-state index in [2.05, 4.69) is 0 Å². The molecule has 1 aromatic rings. The van der Waals surface area contributed by atoms with Gasteiger partial charge in [0.2, 0.25) is 3.79 Å². The van der Waals surface area contributed by atoms with Crippen molar-refractivity contribution in [2.75, 3.05) is 19.3 Å². The van der Waals surface area contributed by atoms with Gasteiger partial charge in [-0.05, 0) is 12.6 Å². The molecular formula is C13H16Cl3NO2S. The molecule has 1 rings (SSSR count). The Kier molecular flexibility index (Phi) is 7.48. The van der Waals surface area contributed by atoms with Crippen molar-refractivity contribution in [3.05, 3.63) is 35.9 Å². The summed E-state index contributed by atoms with van der Waals surface area (Å²) in [6.07, 6.45) is 0. The molecular weight excluding hydrogens is 341 g/mol. The fraction of sp³-hybridized carbons (Fsp3) is 0.462. The van der Waals surface area contributed by atoms with E-state index in [1.54, 1.807) is 23.7 Å². The monoisotopic (exact) mass is 355 g/mol. The predicted molar refractivity (Wildman–Crippen MR) is 86.9 cm³/mol. The zero-order chi connectivity index (χ0) is 15.2. The van der Waals surface area contributed by atoms with Crippen molar-refractivity contribution in [3.63, 3.8) is 0 Å². The normalized spacial score (nSPS) is 13.4. The Bertz CT molecular complexity index is 425. The van der Waals surface area contributed by atoms with Crippen LogP contribution in [0, 0.1) is 0 Å². The quantitative estimate of drug-likeness (QED) is 0.757. The molecule has 0 bridgehead atoms. The number of thioether (sulfide) groups is 1. The summed E-state index contributed by atoms with van der Waals surface area (Å²) < 4.78 is -1.48. The van der Waals surface area contributed by atoms with Crippen LogP contribution in [0.5, 0.6) is 0 Å². The SMILES string of the molecule is CN(CC(Cl)(Cl)Cl)[C@@H](CSCc1ccccc1)C(=O)O. The molecule has 1 atom stereocenters. The van der Waals surface area contributed by atoms with E-state index in [4.69, 9.17) is 34.8 Å². The van der Waals surface area contributed by atoms with Gasteiger partial charge >= 0.3 is 5.97 Å². The maximum Gasteiger partial charge on any atom is 0.321 e. The molecule has 0 saturated heterocycles. The minimum absolute atomic E-state index is 0.0700. The van der Waals surface area contributed by atoms with E-state index in [1.807, 2.05) is 30.3 Å². The third-order valence-electron chi connectivity index (χ3n) is 2.63. The Morgan fingerprint density at radius 3 is 2.45 bits per heavy atom. The molecule has 20 heavy (non-hydrogen) atoms. The van der Waals surface area contributed by atoms with Crippen LogP contribution < -0.4 is 0 Å². The number of carboxylic acids is 1. The second-order valence-corrected chi connectivity index (χ2v) is 7.93. The van der Waals surface area contributed by atoms with Crippen molar-refractivity contribution < 1.29 is 9.90 Å². The molecule has 1 N–H and O–H groups in total. The highest BCUT2D eigenvalue weighted by atomic mass is 35.6. The average molecular weight is 357 g/mol. The van der Waals surface area contributed by atoms with Crippen LogP contribution in [0.25, 0.3) is 0 Å². The Labute approximate surface area is 138 Å². The number of likely N-dealkylation sites (N-methyl/N-ethyl adjacent to an activating group) is 1. The Morgan fingerprint density at radius 1 is 1.35 bits per heavy atom. The van der Waals surface area contributed by atoms with E-state index >= 15 is 0 Å². The first-order valence-electron chi connectivity index (χ1n) is 5.91. The van der Waals surface area contributed by atoms with Gasteiger partial charge in [0.25, 0.3) is 0 Å². The molecule has 0 spiro atoms. The molecule has 0 radical (unpaired) electrons. The van der Waals surface area contributed by atoms with Gasteiger partial charge in [0.1, 0.15) is 6.04 Å². The first kappa shape index (κ1) is 17.9. The number of nitrogens with zero attached hydrogens (tertiary/aromatic N) is 1. The number of hydrogen-bond donors (Lipinski definition) is 1. The van der Waals surface area contributed by atoms with E-state index in [9.17, 15) is 9.90 Å². The van der Waals surface area contributed by atoms with E-state index in [-0.39, 0.29) is 6.54 Å². The molecule has 1 aromatic carbocycles. The van der Waals surface area contributed by atoms with Gasteiger partial charge in [0.15, 0.2) is 0 Å². The van der Waals surface area contributed by atoms with Gasteiger partial charge in [0.05, 0.1) is 0 Å². The number of aliphatic carboxylic acids is 1. The summed E-state index contributed by atoms with van der Waals surface area (Å²) in [7, 11) is 1.64. The lowest BCUT2D eigenvalue weighted by atomic mass is 10.2. The zero-order valence-corrected chi connectivity index (χ0v) is 14.0. The van der Waals surface area contributed by atoms with Crippen LogP contribution in [0.1, 0.15) is 5.56 Å². The van der Waals surface area contributed by atoms with E-state index in [1.165, 1.54) is 0 Å². The number of carboxylic acid groups (broad SMARTS) is 1. The highest BCUT2D eigenvalue weighted by molar-refractivity contribution is 7.98. The summed E-state index contributed by atoms with van der Waals surface area (Å²) in [6, 6.07) is 9.20. The number of hydrogen-bond acceptors (Lipinski definition) is 3. The molecule has 112 valence electrons. The summed E-state index contributed by atoms with van der Waals surface area (Å²) in [5, 5.41) is 9.25. The molecule has 3 nitrogen and oxygen atoms in total. The molecule has 0 aliphatic heterocycles. The smallest absolute Gasteiger partial charge is 0.321 e. The van der Waals surface area contributed by atoms with Gasteiger partial charge in [0, 0.05) is 18.1 Å². The van der Waals surface area contributed by atoms with Crippen LogP contribution in [0.15, 0.2) is 30.3 Å². The topological polar surface area (TPSA) is 40.5 Å². The highest BCUT2D eigenvalue weighted by Crippen LogP contribution is 2.27. The number of alkyl halides is 3. The van der Waals surface area contributed by atoms with Gasteiger partial charge in [-0.15, -0.1) is 0 Å². The van der Waals surface area contributed by atoms with Gasteiger partial charge < -0.3 is 5.11 Å². The number of benzene rings is 1. The fourth-order valence-corrected chi connectivity index (χ4v) is 3.37. The summed E-state index contributed by atoms with van der Waals surface area (Å²) in [4.78, 5) is 12.8. The van der Waals surface area contributed by atoms with Crippen molar-refractivity contribution in [2.45, 2.75) is 15.6 Å². The lowest BCUT2D eigenvalue weighted by molar-refractivity contribution is -0.141. The molecule has 0 aliphatic carbocycles.